The lowest BCUT2D eigenvalue weighted by molar-refractivity contribution is -0.384. The van der Waals surface area contributed by atoms with Crippen molar-refractivity contribution in [3.63, 3.8) is 0 Å². The summed E-state index contributed by atoms with van der Waals surface area (Å²) in [5.74, 6) is 1.33. The highest BCUT2D eigenvalue weighted by atomic mass is 19.4. The summed E-state index contributed by atoms with van der Waals surface area (Å²) in [5, 5.41) is 11.4. The third-order valence-corrected chi connectivity index (χ3v) is 5.82. The second-order valence-corrected chi connectivity index (χ2v) is 7.86. The van der Waals surface area contributed by atoms with Crippen LogP contribution in [0.2, 0.25) is 0 Å². The van der Waals surface area contributed by atoms with E-state index in [9.17, 15) is 28.1 Å². The summed E-state index contributed by atoms with van der Waals surface area (Å²) >= 11 is 0. The molecule has 35 heavy (non-hydrogen) atoms. The molecule has 190 valence electrons. The van der Waals surface area contributed by atoms with Crippen molar-refractivity contribution in [2.75, 3.05) is 52.4 Å². The van der Waals surface area contributed by atoms with Gasteiger partial charge in [-0.2, -0.15) is 13.2 Å². The number of rotatable bonds is 8. The lowest BCUT2D eigenvalue weighted by atomic mass is 10.1. The number of methoxy groups -OCH3 is 3. The highest BCUT2D eigenvalue weighted by Gasteiger charge is 2.34. The Balaban J connectivity index is 1.64. The number of hydrogen-bond donors (Lipinski definition) is 0. The van der Waals surface area contributed by atoms with Gasteiger partial charge in [-0.05, 0) is 36.2 Å². The molecule has 1 amide bonds. The Hall–Kier alpha value is -3.70. The average molecular weight is 497 g/mol. The van der Waals surface area contributed by atoms with Crippen molar-refractivity contribution in [3.8, 4) is 17.2 Å². The molecule has 0 radical (unpaired) electrons. The quantitative estimate of drug-likeness (QED) is 0.403. The van der Waals surface area contributed by atoms with Crippen LogP contribution >= 0.6 is 0 Å². The van der Waals surface area contributed by atoms with Gasteiger partial charge in [-0.25, -0.2) is 0 Å². The minimum absolute atomic E-state index is 0.0969. The smallest absolute Gasteiger partial charge is 0.416 e. The lowest BCUT2D eigenvalue weighted by Gasteiger charge is -2.36. The van der Waals surface area contributed by atoms with Gasteiger partial charge < -0.3 is 24.0 Å². The van der Waals surface area contributed by atoms with E-state index in [1.165, 1.54) is 21.3 Å². The van der Waals surface area contributed by atoms with Crippen LogP contribution in [0.3, 0.4) is 0 Å². The number of carbonyl (C=O) groups excluding carboxylic acids is 1. The fourth-order valence-electron chi connectivity index (χ4n) is 4.00. The van der Waals surface area contributed by atoms with Crippen LogP contribution in [0.25, 0.3) is 0 Å². The maximum absolute atomic E-state index is 13.0. The third kappa shape index (κ3) is 5.87. The summed E-state index contributed by atoms with van der Waals surface area (Å²) < 4.78 is 54.9. The van der Waals surface area contributed by atoms with Crippen molar-refractivity contribution >= 4 is 17.3 Å². The summed E-state index contributed by atoms with van der Waals surface area (Å²) in [6.07, 6.45) is -4.02. The molecule has 0 saturated carbocycles. The maximum atomic E-state index is 13.0. The van der Waals surface area contributed by atoms with Gasteiger partial charge in [0, 0.05) is 38.7 Å². The van der Waals surface area contributed by atoms with Gasteiger partial charge in [-0.1, -0.05) is 0 Å². The van der Waals surface area contributed by atoms with E-state index in [0.29, 0.717) is 42.8 Å². The summed E-state index contributed by atoms with van der Waals surface area (Å²) in [6, 6.07) is 6.04. The van der Waals surface area contributed by atoms with Crippen molar-refractivity contribution < 1.29 is 37.1 Å². The highest BCUT2D eigenvalue weighted by molar-refractivity contribution is 5.77. The monoisotopic (exact) mass is 497 g/mol. The van der Waals surface area contributed by atoms with Crippen LogP contribution in [-0.4, -0.2) is 63.2 Å². The number of halogens is 3. The van der Waals surface area contributed by atoms with Crippen LogP contribution in [0, 0.1) is 10.1 Å². The number of nitrogens with zero attached hydrogens (tertiary/aromatic N) is 3. The Bertz CT molecular complexity index is 1060. The van der Waals surface area contributed by atoms with Crippen LogP contribution in [0.5, 0.6) is 17.2 Å². The van der Waals surface area contributed by atoms with Crippen molar-refractivity contribution in [1.82, 2.24) is 4.90 Å². The number of hydrogen-bond acceptors (Lipinski definition) is 7. The molecule has 0 spiro atoms. The van der Waals surface area contributed by atoms with Gasteiger partial charge in [0.2, 0.25) is 11.7 Å². The number of ether oxygens (including phenoxy) is 3. The minimum Gasteiger partial charge on any atom is -0.493 e. The van der Waals surface area contributed by atoms with Gasteiger partial charge in [-0.3, -0.25) is 14.9 Å². The molecule has 0 atom stereocenters. The van der Waals surface area contributed by atoms with E-state index in [1.807, 2.05) is 0 Å². The SMILES string of the molecule is COc1cc(CCC(=O)N2CCN(c3ccc(C(F)(F)F)cc3[N+](=O)[O-])CC2)cc(OC)c1OC. The van der Waals surface area contributed by atoms with E-state index in [-0.39, 0.29) is 31.1 Å². The number of nitro groups is 1. The first-order valence-electron chi connectivity index (χ1n) is 10.8. The summed E-state index contributed by atoms with van der Waals surface area (Å²) in [6.45, 7) is 1.13. The number of anilines is 1. The molecule has 9 nitrogen and oxygen atoms in total. The molecule has 0 bridgehead atoms. The molecule has 1 heterocycles. The van der Waals surface area contributed by atoms with Gasteiger partial charge in [0.1, 0.15) is 5.69 Å². The standard InChI is InChI=1S/C23H26F3N3O6/c1-33-19-12-15(13-20(34-2)22(19)35-3)4-7-21(30)28-10-8-27(9-11-28)17-6-5-16(23(24,25)26)14-18(17)29(31)32/h5-6,12-14H,4,7-11H2,1-3H3. The first kappa shape index (κ1) is 25.9. The number of carbonyl (C=O) groups is 1. The number of alkyl halides is 3. The first-order valence-corrected chi connectivity index (χ1v) is 10.8. The first-order chi connectivity index (χ1) is 16.6. The van der Waals surface area contributed by atoms with E-state index in [4.69, 9.17) is 14.2 Å². The molecule has 0 unspecified atom stereocenters. The van der Waals surface area contributed by atoms with Crippen molar-refractivity contribution in [1.29, 1.82) is 0 Å². The molecule has 0 aromatic heterocycles. The molecule has 2 aromatic carbocycles. The Morgan fingerprint density at radius 2 is 1.60 bits per heavy atom. The van der Waals surface area contributed by atoms with Crippen LogP contribution < -0.4 is 19.1 Å². The lowest BCUT2D eigenvalue weighted by Crippen LogP contribution is -2.49. The maximum Gasteiger partial charge on any atom is 0.416 e. The van der Waals surface area contributed by atoms with E-state index in [1.54, 1.807) is 21.9 Å². The third-order valence-electron chi connectivity index (χ3n) is 5.82. The van der Waals surface area contributed by atoms with E-state index < -0.39 is 22.4 Å². The van der Waals surface area contributed by atoms with E-state index in [2.05, 4.69) is 0 Å². The molecule has 3 rings (SSSR count). The Morgan fingerprint density at radius 3 is 2.09 bits per heavy atom. The molecular formula is C23H26F3N3O6. The summed E-state index contributed by atoms with van der Waals surface area (Å²) in [7, 11) is 4.52. The highest BCUT2D eigenvalue weighted by Crippen LogP contribution is 2.39. The fraction of sp³-hybridized carbons (Fsp3) is 0.435. The van der Waals surface area contributed by atoms with Crippen molar-refractivity contribution in [2.24, 2.45) is 0 Å². The normalized spacial score (nSPS) is 14.0. The Kier molecular flexibility index (Phi) is 7.92. The zero-order chi connectivity index (χ0) is 25.8. The van der Waals surface area contributed by atoms with Gasteiger partial charge >= 0.3 is 6.18 Å². The van der Waals surface area contributed by atoms with Crippen LogP contribution in [-0.2, 0) is 17.4 Å². The van der Waals surface area contributed by atoms with Crippen molar-refractivity contribution in [2.45, 2.75) is 19.0 Å². The zero-order valence-electron chi connectivity index (χ0n) is 19.6. The van der Waals surface area contributed by atoms with E-state index >= 15 is 0 Å². The number of nitro benzene ring substituents is 1. The number of benzene rings is 2. The van der Waals surface area contributed by atoms with Gasteiger partial charge in [0.15, 0.2) is 11.5 Å². The second-order valence-electron chi connectivity index (χ2n) is 7.86. The largest absolute Gasteiger partial charge is 0.493 e. The molecule has 2 aromatic rings. The molecule has 0 aliphatic carbocycles. The minimum atomic E-state index is -4.67. The number of amides is 1. The van der Waals surface area contributed by atoms with Crippen LogP contribution in [0.15, 0.2) is 30.3 Å². The molecule has 1 saturated heterocycles. The summed E-state index contributed by atoms with van der Waals surface area (Å²) in [4.78, 5) is 26.6. The molecule has 1 fully saturated rings. The molecule has 1 aliphatic rings. The Labute approximate surface area is 200 Å². The van der Waals surface area contributed by atoms with Gasteiger partial charge in [-0.15, -0.1) is 0 Å². The van der Waals surface area contributed by atoms with Gasteiger partial charge in [0.05, 0.1) is 31.8 Å². The molecule has 0 N–H and O–H groups in total. The average Bonchev–Trinajstić information content (AvgIpc) is 2.85. The molecule has 12 heteroatoms. The number of aryl methyl sites for hydroxylation is 1. The zero-order valence-corrected chi connectivity index (χ0v) is 19.6. The van der Waals surface area contributed by atoms with Crippen LogP contribution in [0.4, 0.5) is 24.5 Å². The molecular weight excluding hydrogens is 471 g/mol. The fourth-order valence-corrected chi connectivity index (χ4v) is 4.00. The van der Waals surface area contributed by atoms with Gasteiger partial charge in [0.25, 0.3) is 5.69 Å². The second kappa shape index (κ2) is 10.7. The summed E-state index contributed by atoms with van der Waals surface area (Å²) in [5.41, 5.74) is -0.755. The Morgan fingerprint density at radius 1 is 1.00 bits per heavy atom. The predicted octanol–water partition coefficient (Wildman–Crippen LogP) is 3.92. The van der Waals surface area contributed by atoms with Crippen LogP contribution in [0.1, 0.15) is 17.5 Å². The predicted molar refractivity (Wildman–Crippen MR) is 121 cm³/mol. The van der Waals surface area contributed by atoms with E-state index in [0.717, 1.165) is 17.7 Å². The van der Waals surface area contributed by atoms with Crippen molar-refractivity contribution in [3.05, 3.63) is 51.6 Å². The molecule has 1 aliphatic heterocycles. The topological polar surface area (TPSA) is 94.4 Å². The number of piperazine rings is 1.